The van der Waals surface area contributed by atoms with Crippen molar-refractivity contribution in [2.45, 2.75) is 24.8 Å². The first-order valence-electron chi connectivity index (χ1n) is 12.3. The number of non-ortho nitro benzene ring substituents is 1. The number of hydrogen-bond acceptors (Lipinski definition) is 3. The molecule has 2 N–H and O–H groups in total. The highest BCUT2D eigenvalue weighted by Crippen LogP contribution is 2.35. The number of benzene rings is 4. The lowest BCUT2D eigenvalue weighted by molar-refractivity contribution is -0.384. The number of amides is 1. The molecule has 184 valence electrons. The fourth-order valence-electron chi connectivity index (χ4n) is 4.87. The molecule has 6 heteroatoms. The third-order valence-corrected chi connectivity index (χ3v) is 6.69. The first-order valence-corrected chi connectivity index (χ1v) is 12.3. The maximum Gasteiger partial charge on any atom is 0.269 e. The number of nitro groups is 1. The Morgan fingerprint density at radius 3 is 2.27 bits per heavy atom. The second kappa shape index (κ2) is 10.9. The van der Waals surface area contributed by atoms with Crippen LogP contribution in [0.5, 0.6) is 0 Å². The van der Waals surface area contributed by atoms with Crippen LogP contribution in [0.15, 0.2) is 115 Å². The molecule has 0 fully saturated rings. The van der Waals surface area contributed by atoms with Gasteiger partial charge in [0.05, 0.1) is 11.0 Å². The minimum atomic E-state index is -0.402. The van der Waals surface area contributed by atoms with E-state index in [9.17, 15) is 14.9 Å². The molecule has 4 aromatic carbocycles. The van der Waals surface area contributed by atoms with E-state index in [0.717, 1.165) is 33.2 Å². The second-order valence-corrected chi connectivity index (χ2v) is 9.12. The van der Waals surface area contributed by atoms with E-state index in [1.165, 1.54) is 6.07 Å². The minimum absolute atomic E-state index is 0.00832. The number of nitro benzene ring substituents is 1. The monoisotopic (exact) mass is 489 g/mol. The lowest BCUT2D eigenvalue weighted by Crippen LogP contribution is -2.31. The van der Waals surface area contributed by atoms with Gasteiger partial charge in [0.25, 0.3) is 5.69 Å². The Labute approximate surface area is 215 Å². The molecule has 0 radical (unpaired) electrons. The maximum atomic E-state index is 13.6. The molecule has 0 aliphatic heterocycles. The number of nitrogens with zero attached hydrogens (tertiary/aromatic N) is 1. The molecule has 0 saturated carbocycles. The van der Waals surface area contributed by atoms with E-state index in [-0.39, 0.29) is 30.0 Å². The van der Waals surface area contributed by atoms with Crippen molar-refractivity contribution in [1.82, 2.24) is 10.3 Å². The molecule has 6 nitrogen and oxygen atoms in total. The standard InChI is InChI=1S/C31H27N3O3/c35-31(33-30(23-12-5-2-6-13-23)18-22-10-3-1-4-11-22)20-27(24-14-9-15-25(19-24)34(36)37)28-21-32-29-17-8-7-16-26(28)29/h1-17,19,21,27,30,32H,18,20H2,(H,33,35). The Kier molecular flexibility index (Phi) is 7.08. The van der Waals surface area contributed by atoms with E-state index >= 15 is 0 Å². The summed E-state index contributed by atoms with van der Waals surface area (Å²) in [5.41, 5.74) is 4.79. The molecule has 1 aromatic heterocycles. The fourth-order valence-corrected chi connectivity index (χ4v) is 4.87. The molecule has 2 unspecified atom stereocenters. The molecule has 0 saturated heterocycles. The molecule has 5 rings (SSSR count). The smallest absolute Gasteiger partial charge is 0.269 e. The van der Waals surface area contributed by atoms with E-state index in [1.54, 1.807) is 12.1 Å². The predicted octanol–water partition coefficient (Wildman–Crippen LogP) is 6.70. The number of fused-ring (bicyclic) bond motifs is 1. The van der Waals surface area contributed by atoms with Crippen molar-refractivity contribution in [3.8, 4) is 0 Å². The lowest BCUT2D eigenvalue weighted by atomic mass is 9.87. The number of hydrogen-bond donors (Lipinski definition) is 2. The molecular weight excluding hydrogens is 462 g/mol. The summed E-state index contributed by atoms with van der Waals surface area (Å²) in [5.74, 6) is -0.476. The third kappa shape index (κ3) is 5.59. The Morgan fingerprint density at radius 1 is 0.838 bits per heavy atom. The number of H-pyrrole nitrogens is 1. The van der Waals surface area contributed by atoms with Crippen LogP contribution in [0.2, 0.25) is 0 Å². The van der Waals surface area contributed by atoms with Crippen LogP contribution in [0.3, 0.4) is 0 Å². The normalized spacial score (nSPS) is 12.6. The summed E-state index contributed by atoms with van der Waals surface area (Å²) in [6.07, 6.45) is 2.71. The van der Waals surface area contributed by atoms with Crippen LogP contribution in [-0.2, 0) is 11.2 Å². The van der Waals surface area contributed by atoms with Gasteiger partial charge >= 0.3 is 0 Å². The van der Waals surface area contributed by atoms with Gasteiger partial charge in [-0.2, -0.15) is 0 Å². The van der Waals surface area contributed by atoms with Crippen molar-refractivity contribution in [3.63, 3.8) is 0 Å². The van der Waals surface area contributed by atoms with E-state index < -0.39 is 4.92 Å². The molecule has 1 heterocycles. The van der Waals surface area contributed by atoms with Crippen molar-refractivity contribution in [3.05, 3.63) is 148 Å². The maximum absolute atomic E-state index is 13.6. The van der Waals surface area contributed by atoms with Crippen molar-refractivity contribution < 1.29 is 9.72 Å². The SMILES string of the molecule is O=C(CC(c1cccc([N+](=O)[O-])c1)c1c[nH]c2ccccc12)NC(Cc1ccccc1)c1ccccc1. The van der Waals surface area contributed by atoms with Gasteiger partial charge in [0, 0.05) is 41.6 Å². The number of aromatic nitrogens is 1. The summed E-state index contributed by atoms with van der Waals surface area (Å²) in [4.78, 5) is 28.0. The zero-order chi connectivity index (χ0) is 25.6. The van der Waals surface area contributed by atoms with Crippen LogP contribution in [0.4, 0.5) is 5.69 Å². The molecule has 0 bridgehead atoms. The summed E-state index contributed by atoms with van der Waals surface area (Å²) in [5, 5.41) is 15.7. The van der Waals surface area contributed by atoms with Gasteiger partial charge in [0.1, 0.15) is 0 Å². The van der Waals surface area contributed by atoms with Crippen LogP contribution < -0.4 is 5.32 Å². The largest absolute Gasteiger partial charge is 0.361 e. The summed E-state index contributed by atoms with van der Waals surface area (Å²) >= 11 is 0. The number of rotatable bonds is 9. The topological polar surface area (TPSA) is 88.0 Å². The molecule has 2 atom stereocenters. The molecule has 0 spiro atoms. The summed E-state index contributed by atoms with van der Waals surface area (Å²) in [7, 11) is 0. The van der Waals surface area contributed by atoms with Gasteiger partial charge in [-0.3, -0.25) is 14.9 Å². The van der Waals surface area contributed by atoms with Gasteiger partial charge in [-0.25, -0.2) is 0 Å². The number of carbonyl (C=O) groups is 1. The zero-order valence-corrected chi connectivity index (χ0v) is 20.2. The molecular formula is C31H27N3O3. The van der Waals surface area contributed by atoms with Gasteiger partial charge in [0.15, 0.2) is 0 Å². The van der Waals surface area contributed by atoms with E-state index in [0.29, 0.717) is 6.42 Å². The fraction of sp³-hybridized carbons (Fsp3) is 0.129. The highest BCUT2D eigenvalue weighted by molar-refractivity contribution is 5.86. The summed E-state index contributed by atoms with van der Waals surface area (Å²) in [6.45, 7) is 0. The summed E-state index contributed by atoms with van der Waals surface area (Å²) < 4.78 is 0. The number of carbonyl (C=O) groups excluding carboxylic acids is 1. The summed E-state index contributed by atoms with van der Waals surface area (Å²) in [6, 6.07) is 34.3. The van der Waals surface area contributed by atoms with E-state index in [1.807, 2.05) is 85.1 Å². The highest BCUT2D eigenvalue weighted by Gasteiger charge is 2.25. The number of para-hydroxylation sites is 1. The average molecular weight is 490 g/mol. The zero-order valence-electron chi connectivity index (χ0n) is 20.2. The van der Waals surface area contributed by atoms with Crippen LogP contribution >= 0.6 is 0 Å². The van der Waals surface area contributed by atoms with Gasteiger partial charge in [-0.1, -0.05) is 91.0 Å². The number of nitrogens with one attached hydrogen (secondary N) is 2. The van der Waals surface area contributed by atoms with Crippen molar-refractivity contribution in [2.24, 2.45) is 0 Å². The average Bonchev–Trinajstić information content (AvgIpc) is 3.36. The molecule has 5 aromatic rings. The lowest BCUT2D eigenvalue weighted by Gasteiger charge is -2.22. The second-order valence-electron chi connectivity index (χ2n) is 9.12. The molecule has 0 aliphatic carbocycles. The van der Waals surface area contributed by atoms with Crippen LogP contribution in [0, 0.1) is 10.1 Å². The minimum Gasteiger partial charge on any atom is -0.361 e. The molecule has 0 aliphatic rings. The quantitative estimate of drug-likeness (QED) is 0.178. The molecule has 1 amide bonds. The van der Waals surface area contributed by atoms with Gasteiger partial charge in [-0.15, -0.1) is 0 Å². The Balaban J connectivity index is 1.47. The van der Waals surface area contributed by atoms with Gasteiger partial charge < -0.3 is 10.3 Å². The third-order valence-electron chi connectivity index (χ3n) is 6.69. The predicted molar refractivity (Wildman–Crippen MR) is 145 cm³/mol. The van der Waals surface area contributed by atoms with Crippen LogP contribution in [-0.4, -0.2) is 15.8 Å². The highest BCUT2D eigenvalue weighted by atomic mass is 16.6. The van der Waals surface area contributed by atoms with Crippen molar-refractivity contribution in [1.29, 1.82) is 0 Å². The Hall–Kier alpha value is -4.71. The van der Waals surface area contributed by atoms with Crippen LogP contribution in [0.25, 0.3) is 10.9 Å². The van der Waals surface area contributed by atoms with E-state index in [2.05, 4.69) is 22.4 Å². The van der Waals surface area contributed by atoms with Crippen molar-refractivity contribution in [2.75, 3.05) is 0 Å². The first-order chi connectivity index (χ1) is 18.1. The van der Waals surface area contributed by atoms with Gasteiger partial charge in [-0.05, 0) is 34.7 Å². The Morgan fingerprint density at radius 2 is 1.51 bits per heavy atom. The van der Waals surface area contributed by atoms with Gasteiger partial charge in [0.2, 0.25) is 5.91 Å². The van der Waals surface area contributed by atoms with Crippen LogP contribution in [0.1, 0.15) is 40.6 Å². The Bertz CT molecular complexity index is 1510. The van der Waals surface area contributed by atoms with Crippen molar-refractivity contribution >= 4 is 22.5 Å². The molecule has 37 heavy (non-hydrogen) atoms. The first kappa shape index (κ1) is 24.0. The number of aromatic amines is 1. The van der Waals surface area contributed by atoms with E-state index in [4.69, 9.17) is 0 Å².